The van der Waals surface area contributed by atoms with E-state index in [0.717, 1.165) is 12.0 Å². The number of hydrogen-bond donors (Lipinski definition) is 3. The molecule has 3 amide bonds. The summed E-state index contributed by atoms with van der Waals surface area (Å²) in [6.45, 7) is 3.99. The van der Waals surface area contributed by atoms with Crippen molar-refractivity contribution in [2.75, 3.05) is 11.9 Å². The lowest BCUT2D eigenvalue weighted by molar-refractivity contribution is -0.194. The predicted octanol–water partition coefficient (Wildman–Crippen LogP) is 3.39. The number of anilines is 1. The van der Waals surface area contributed by atoms with Gasteiger partial charge in [-0.25, -0.2) is 8.78 Å². The lowest BCUT2D eigenvalue weighted by Gasteiger charge is -2.54. The Kier molecular flexibility index (Phi) is 7.93. The van der Waals surface area contributed by atoms with Crippen molar-refractivity contribution >= 4 is 35.0 Å². The van der Waals surface area contributed by atoms with Crippen LogP contribution in [0.1, 0.15) is 51.0 Å². The molecule has 8 nitrogen and oxygen atoms in total. The fourth-order valence-electron chi connectivity index (χ4n) is 5.85. The second kappa shape index (κ2) is 10.8. The van der Waals surface area contributed by atoms with Crippen molar-refractivity contribution in [3.05, 3.63) is 28.8 Å². The summed E-state index contributed by atoms with van der Waals surface area (Å²) in [4.78, 5) is 40.5. The number of nitrogens with zero attached hydrogens (tertiary/aromatic N) is 2. The molecule has 37 heavy (non-hydrogen) atoms. The van der Waals surface area contributed by atoms with Crippen molar-refractivity contribution in [1.82, 2.24) is 15.5 Å². The van der Waals surface area contributed by atoms with E-state index in [1.54, 1.807) is 32.0 Å². The molecule has 1 aromatic carbocycles. The number of halogens is 3. The zero-order chi connectivity index (χ0) is 26.9. The van der Waals surface area contributed by atoms with Crippen LogP contribution < -0.4 is 16.0 Å². The SMILES string of the molecule is Cc1c(Cl)cccc1N[C@@H](C)C(=O)N1[C@@H]2CC[C@H]([C@@H]1C(=O)N[C@H](C#N)C[C@H]1CCCNC1=O)C(F)(F)C2. The minimum atomic E-state index is -3.10. The van der Waals surface area contributed by atoms with Crippen LogP contribution in [0, 0.1) is 30.1 Å². The number of rotatable bonds is 7. The van der Waals surface area contributed by atoms with Crippen molar-refractivity contribution in [2.24, 2.45) is 11.8 Å². The van der Waals surface area contributed by atoms with E-state index >= 15 is 0 Å². The van der Waals surface area contributed by atoms with E-state index < -0.39 is 60.2 Å². The fourth-order valence-corrected chi connectivity index (χ4v) is 6.03. The maximum Gasteiger partial charge on any atom is 0.255 e. The van der Waals surface area contributed by atoms with Gasteiger partial charge in [-0.05, 0) is 63.6 Å². The maximum absolute atomic E-state index is 15.0. The average molecular weight is 536 g/mol. The van der Waals surface area contributed by atoms with Crippen molar-refractivity contribution in [1.29, 1.82) is 5.26 Å². The molecule has 4 fully saturated rings. The van der Waals surface area contributed by atoms with E-state index in [2.05, 4.69) is 16.0 Å². The Morgan fingerprint density at radius 3 is 2.76 bits per heavy atom. The third-order valence-electron chi connectivity index (χ3n) is 7.86. The van der Waals surface area contributed by atoms with E-state index in [1.807, 2.05) is 6.07 Å². The number of carbonyl (C=O) groups is 3. The summed E-state index contributed by atoms with van der Waals surface area (Å²) >= 11 is 6.19. The van der Waals surface area contributed by atoms with E-state index in [1.165, 1.54) is 4.90 Å². The maximum atomic E-state index is 15.0. The molecule has 3 N–H and O–H groups in total. The van der Waals surface area contributed by atoms with Crippen molar-refractivity contribution in [3.8, 4) is 6.07 Å². The number of alkyl halides is 2. The highest BCUT2D eigenvalue weighted by atomic mass is 35.5. The number of nitriles is 1. The molecule has 3 aliphatic heterocycles. The highest BCUT2D eigenvalue weighted by Crippen LogP contribution is 2.49. The van der Waals surface area contributed by atoms with Crippen LogP contribution in [0.4, 0.5) is 14.5 Å². The number of amides is 3. The molecule has 1 aliphatic carbocycles. The molecule has 0 unspecified atom stereocenters. The quantitative estimate of drug-likeness (QED) is 0.495. The monoisotopic (exact) mass is 535 g/mol. The number of carbonyl (C=O) groups excluding carboxylic acids is 3. The first-order valence-corrected chi connectivity index (χ1v) is 13.1. The summed E-state index contributed by atoms with van der Waals surface area (Å²) in [5, 5.41) is 18.6. The summed E-state index contributed by atoms with van der Waals surface area (Å²) in [6, 6.07) is 3.18. The van der Waals surface area contributed by atoms with Crippen LogP contribution in [-0.4, -0.2) is 59.3 Å². The van der Waals surface area contributed by atoms with Crippen LogP contribution in [0.25, 0.3) is 0 Å². The van der Waals surface area contributed by atoms with Gasteiger partial charge in [0.15, 0.2) is 0 Å². The van der Waals surface area contributed by atoms with Crippen LogP contribution in [0.3, 0.4) is 0 Å². The molecule has 5 rings (SSSR count). The Balaban J connectivity index is 1.54. The largest absolute Gasteiger partial charge is 0.374 e. The molecule has 3 heterocycles. The Morgan fingerprint density at radius 2 is 2.08 bits per heavy atom. The second-order valence-electron chi connectivity index (χ2n) is 10.3. The Labute approximate surface area is 220 Å². The van der Waals surface area contributed by atoms with Gasteiger partial charge in [0.2, 0.25) is 17.7 Å². The third kappa shape index (κ3) is 5.52. The molecule has 11 heteroatoms. The van der Waals surface area contributed by atoms with Gasteiger partial charge in [0.25, 0.3) is 5.92 Å². The van der Waals surface area contributed by atoms with Crippen molar-refractivity contribution in [3.63, 3.8) is 0 Å². The molecule has 0 spiro atoms. The first-order chi connectivity index (χ1) is 17.5. The second-order valence-corrected chi connectivity index (χ2v) is 10.7. The summed E-state index contributed by atoms with van der Waals surface area (Å²) in [7, 11) is 0. The van der Waals surface area contributed by atoms with Crippen LogP contribution >= 0.6 is 11.6 Å². The summed E-state index contributed by atoms with van der Waals surface area (Å²) in [5.74, 6) is -6.32. The highest BCUT2D eigenvalue weighted by molar-refractivity contribution is 6.31. The molecule has 200 valence electrons. The van der Waals surface area contributed by atoms with Crippen molar-refractivity contribution in [2.45, 2.75) is 82.5 Å². The fraction of sp³-hybridized carbons (Fsp3) is 0.615. The first-order valence-electron chi connectivity index (χ1n) is 12.7. The highest BCUT2D eigenvalue weighted by Gasteiger charge is 2.60. The standard InChI is InChI=1S/C26H32ClF2N5O3/c1-14-20(27)6-3-7-21(14)32-15(2)25(37)34-18-8-9-19(26(28,29)12-18)22(34)24(36)33-17(13-30)11-16-5-4-10-31-23(16)35/h3,6-7,15-19,22,32H,4-5,8-12H2,1-2H3,(H,31,35)(H,33,36)/t15-,16+,17-,18+,19+,22+/m0/s1. The number of piperidine rings is 3. The predicted molar refractivity (Wildman–Crippen MR) is 134 cm³/mol. The van der Waals surface area contributed by atoms with Crippen LogP contribution in [-0.2, 0) is 14.4 Å². The smallest absolute Gasteiger partial charge is 0.255 e. The van der Waals surface area contributed by atoms with E-state index in [9.17, 15) is 28.4 Å². The Hall–Kier alpha value is -2.93. The van der Waals surface area contributed by atoms with E-state index in [-0.39, 0.29) is 18.7 Å². The van der Waals surface area contributed by atoms with Crippen LogP contribution in [0.5, 0.6) is 0 Å². The van der Waals surface area contributed by atoms with Gasteiger partial charge in [0, 0.05) is 35.6 Å². The van der Waals surface area contributed by atoms with Gasteiger partial charge < -0.3 is 20.9 Å². The van der Waals surface area contributed by atoms with E-state index in [0.29, 0.717) is 30.1 Å². The van der Waals surface area contributed by atoms with Crippen LogP contribution in [0.15, 0.2) is 18.2 Å². The molecular weight excluding hydrogens is 504 g/mol. The minimum absolute atomic E-state index is 0.0885. The average Bonchev–Trinajstić information content (AvgIpc) is 2.86. The molecule has 1 aromatic rings. The minimum Gasteiger partial charge on any atom is -0.374 e. The molecular formula is C26H32ClF2N5O3. The molecule has 0 aromatic heterocycles. The van der Waals surface area contributed by atoms with Gasteiger partial charge in [0.1, 0.15) is 18.1 Å². The van der Waals surface area contributed by atoms with Gasteiger partial charge in [-0.2, -0.15) is 5.26 Å². The normalized spacial score (nSPS) is 28.0. The first kappa shape index (κ1) is 27.1. The number of benzene rings is 1. The third-order valence-corrected chi connectivity index (χ3v) is 8.27. The zero-order valence-electron chi connectivity index (χ0n) is 20.9. The molecule has 4 aliphatic rings. The summed E-state index contributed by atoms with van der Waals surface area (Å²) < 4.78 is 29.9. The Bertz CT molecular complexity index is 1110. The van der Waals surface area contributed by atoms with Gasteiger partial charge in [-0.1, -0.05) is 17.7 Å². The van der Waals surface area contributed by atoms with Gasteiger partial charge >= 0.3 is 0 Å². The van der Waals surface area contributed by atoms with Gasteiger partial charge in [0.05, 0.1) is 12.0 Å². The summed E-state index contributed by atoms with van der Waals surface area (Å²) in [5.41, 5.74) is 1.38. The van der Waals surface area contributed by atoms with E-state index in [4.69, 9.17) is 11.6 Å². The molecule has 1 saturated carbocycles. The van der Waals surface area contributed by atoms with Crippen molar-refractivity contribution < 1.29 is 23.2 Å². The lowest BCUT2D eigenvalue weighted by atomic mass is 9.71. The topological polar surface area (TPSA) is 114 Å². The van der Waals surface area contributed by atoms with Gasteiger partial charge in [-0.3, -0.25) is 14.4 Å². The number of fused-ring (bicyclic) bond motifs is 3. The van der Waals surface area contributed by atoms with Crippen LogP contribution in [0.2, 0.25) is 5.02 Å². The molecule has 2 bridgehead atoms. The molecule has 0 radical (unpaired) electrons. The number of hydrogen-bond acceptors (Lipinski definition) is 5. The molecule has 3 saturated heterocycles. The summed E-state index contributed by atoms with van der Waals surface area (Å²) in [6.07, 6.45) is 1.42. The number of nitrogens with one attached hydrogen (secondary N) is 3. The Morgan fingerprint density at radius 1 is 1.32 bits per heavy atom. The van der Waals surface area contributed by atoms with Gasteiger partial charge in [-0.15, -0.1) is 0 Å². The molecule has 6 atom stereocenters. The lowest BCUT2D eigenvalue weighted by Crippen LogP contribution is -2.70. The zero-order valence-corrected chi connectivity index (χ0v) is 21.7.